The summed E-state index contributed by atoms with van der Waals surface area (Å²) >= 11 is 0. The number of aryl methyl sites for hydroxylation is 2. The molecule has 0 spiro atoms. The molecular weight excluding hydrogens is 468 g/mol. The molecular formula is C29H32N4O4. The minimum Gasteiger partial charge on any atom is -0.497 e. The molecule has 0 aliphatic heterocycles. The lowest BCUT2D eigenvalue weighted by Crippen LogP contribution is -2.28. The van der Waals surface area contributed by atoms with Crippen LogP contribution >= 0.6 is 0 Å². The van der Waals surface area contributed by atoms with E-state index in [0.717, 1.165) is 28.0 Å². The predicted octanol–water partition coefficient (Wildman–Crippen LogP) is 5.61. The van der Waals surface area contributed by atoms with E-state index in [1.807, 2.05) is 69.2 Å². The van der Waals surface area contributed by atoms with Gasteiger partial charge in [-0.05, 0) is 87.1 Å². The summed E-state index contributed by atoms with van der Waals surface area (Å²) in [7, 11) is 5.59. The van der Waals surface area contributed by atoms with Gasteiger partial charge in [0.25, 0.3) is 5.91 Å². The van der Waals surface area contributed by atoms with Gasteiger partial charge in [0.1, 0.15) is 17.6 Å². The van der Waals surface area contributed by atoms with Gasteiger partial charge in [0.2, 0.25) is 11.7 Å². The van der Waals surface area contributed by atoms with Gasteiger partial charge in [0, 0.05) is 24.7 Å². The molecule has 1 heterocycles. The Bertz CT molecular complexity index is 1380. The number of aromatic nitrogens is 2. The first-order chi connectivity index (χ1) is 17.7. The second kappa shape index (κ2) is 11.3. The highest BCUT2D eigenvalue weighted by Gasteiger charge is 2.18. The summed E-state index contributed by atoms with van der Waals surface area (Å²) in [4.78, 5) is 19.6. The molecule has 1 aromatic heterocycles. The van der Waals surface area contributed by atoms with E-state index in [1.54, 1.807) is 38.3 Å². The van der Waals surface area contributed by atoms with Gasteiger partial charge in [-0.2, -0.15) is 4.98 Å². The highest BCUT2D eigenvalue weighted by atomic mass is 16.5. The third-order valence-electron chi connectivity index (χ3n) is 5.85. The molecule has 4 aromatic rings. The Kier molecular flexibility index (Phi) is 7.89. The van der Waals surface area contributed by atoms with Gasteiger partial charge in [0.15, 0.2) is 0 Å². The van der Waals surface area contributed by atoms with Gasteiger partial charge in [-0.1, -0.05) is 23.4 Å². The van der Waals surface area contributed by atoms with Crippen molar-refractivity contribution in [2.75, 3.05) is 33.1 Å². The summed E-state index contributed by atoms with van der Waals surface area (Å²) in [5, 5.41) is 6.97. The molecule has 4 rings (SSSR count). The average molecular weight is 501 g/mol. The normalized spacial score (nSPS) is 11.9. The number of nitrogens with one attached hydrogen (secondary N) is 1. The van der Waals surface area contributed by atoms with E-state index >= 15 is 0 Å². The quantitative estimate of drug-likeness (QED) is 0.319. The monoisotopic (exact) mass is 500 g/mol. The van der Waals surface area contributed by atoms with E-state index in [1.165, 1.54) is 0 Å². The molecule has 0 fully saturated rings. The Morgan fingerprint density at radius 3 is 2.38 bits per heavy atom. The number of benzene rings is 3. The molecule has 0 saturated carbocycles. The van der Waals surface area contributed by atoms with Crippen LogP contribution in [-0.4, -0.2) is 54.8 Å². The molecule has 3 aromatic carbocycles. The lowest BCUT2D eigenvalue weighted by molar-refractivity contribution is 0.101. The maximum Gasteiger partial charge on any atom is 0.259 e. The molecule has 1 unspecified atom stereocenters. The number of carbonyl (C=O) groups excluding carboxylic acids is 1. The molecule has 0 bridgehead atoms. The lowest BCUT2D eigenvalue weighted by Gasteiger charge is -2.21. The predicted molar refractivity (Wildman–Crippen MR) is 144 cm³/mol. The van der Waals surface area contributed by atoms with E-state index < -0.39 is 0 Å². The molecule has 0 aliphatic rings. The van der Waals surface area contributed by atoms with Crippen LogP contribution in [0.2, 0.25) is 0 Å². The van der Waals surface area contributed by atoms with Crippen LogP contribution in [0.4, 0.5) is 5.69 Å². The van der Waals surface area contributed by atoms with Crippen molar-refractivity contribution in [2.45, 2.75) is 26.9 Å². The number of methoxy groups -OCH3 is 1. The number of amides is 1. The zero-order valence-electron chi connectivity index (χ0n) is 22.0. The summed E-state index contributed by atoms with van der Waals surface area (Å²) < 4.78 is 16.6. The molecule has 1 N–H and O–H groups in total. The molecule has 1 amide bonds. The maximum absolute atomic E-state index is 13.3. The van der Waals surface area contributed by atoms with Crippen LogP contribution in [0.3, 0.4) is 0 Å². The first kappa shape index (κ1) is 25.9. The molecule has 0 saturated heterocycles. The topological polar surface area (TPSA) is 89.7 Å². The molecule has 8 heteroatoms. The fourth-order valence-electron chi connectivity index (χ4n) is 4.16. The van der Waals surface area contributed by atoms with Crippen molar-refractivity contribution in [1.82, 2.24) is 15.0 Å². The second-order valence-corrected chi connectivity index (χ2v) is 9.25. The molecule has 0 radical (unpaired) electrons. The molecule has 37 heavy (non-hydrogen) atoms. The van der Waals surface area contributed by atoms with Crippen LogP contribution in [-0.2, 0) is 0 Å². The minimum atomic E-state index is -0.247. The number of hydrogen-bond donors (Lipinski definition) is 1. The van der Waals surface area contributed by atoms with Gasteiger partial charge in [-0.25, -0.2) is 0 Å². The number of carbonyl (C=O) groups is 1. The highest BCUT2D eigenvalue weighted by molar-refractivity contribution is 6.06. The summed E-state index contributed by atoms with van der Waals surface area (Å²) in [6.45, 7) is 6.50. The minimum absolute atomic E-state index is 0.122. The van der Waals surface area contributed by atoms with Crippen LogP contribution in [0, 0.1) is 13.8 Å². The van der Waals surface area contributed by atoms with Crippen molar-refractivity contribution in [3.8, 4) is 34.0 Å². The second-order valence-electron chi connectivity index (χ2n) is 9.25. The number of nitrogens with zero attached hydrogens (tertiary/aromatic N) is 3. The Morgan fingerprint density at radius 2 is 1.76 bits per heavy atom. The van der Waals surface area contributed by atoms with E-state index in [-0.39, 0.29) is 12.0 Å². The van der Waals surface area contributed by atoms with Crippen LogP contribution in [0.5, 0.6) is 11.5 Å². The number of likely N-dealkylation sites (N-methyl/N-ethyl adjacent to an activating group) is 1. The molecule has 8 nitrogen and oxygen atoms in total. The van der Waals surface area contributed by atoms with Gasteiger partial charge < -0.3 is 24.2 Å². The summed E-state index contributed by atoms with van der Waals surface area (Å²) in [6.07, 6.45) is -0.122. The van der Waals surface area contributed by atoms with Gasteiger partial charge >= 0.3 is 0 Å². The number of hydrogen-bond acceptors (Lipinski definition) is 7. The van der Waals surface area contributed by atoms with Crippen molar-refractivity contribution in [3.63, 3.8) is 0 Å². The van der Waals surface area contributed by atoms with Gasteiger partial charge in [-0.15, -0.1) is 0 Å². The Morgan fingerprint density at radius 1 is 1.03 bits per heavy atom. The van der Waals surface area contributed by atoms with E-state index in [4.69, 9.17) is 14.0 Å². The SMILES string of the molecule is COc1ccc(NC(=O)c2ccc(-c3ccc(-c4noc(C)n4)cc3C)cc2OC(C)CN(C)C)cc1. The summed E-state index contributed by atoms with van der Waals surface area (Å²) in [6, 6.07) is 18.9. The van der Waals surface area contributed by atoms with E-state index in [0.29, 0.717) is 35.3 Å². The van der Waals surface area contributed by atoms with Crippen molar-refractivity contribution < 1.29 is 18.8 Å². The first-order valence-electron chi connectivity index (χ1n) is 12.1. The standard InChI is InChI=1S/C29H32N4O4/c1-18-15-22(28-30-20(3)37-32-28)8-13-25(18)21-7-14-26(27(16-21)36-19(2)17-33(4)5)29(34)31-23-9-11-24(35-6)12-10-23/h7-16,19H,17H2,1-6H3,(H,31,34). The third kappa shape index (κ3) is 6.34. The lowest BCUT2D eigenvalue weighted by atomic mass is 9.96. The van der Waals surface area contributed by atoms with Crippen molar-refractivity contribution in [2.24, 2.45) is 0 Å². The Hall–Kier alpha value is -4.17. The van der Waals surface area contributed by atoms with Gasteiger partial charge in [-0.3, -0.25) is 4.79 Å². The third-order valence-corrected chi connectivity index (χ3v) is 5.85. The van der Waals surface area contributed by atoms with Crippen LogP contribution < -0.4 is 14.8 Å². The van der Waals surface area contributed by atoms with E-state index in [2.05, 4.69) is 15.5 Å². The zero-order chi connectivity index (χ0) is 26.5. The largest absolute Gasteiger partial charge is 0.497 e. The Labute approximate surface area is 217 Å². The van der Waals surface area contributed by atoms with Crippen molar-refractivity contribution >= 4 is 11.6 Å². The molecule has 192 valence electrons. The van der Waals surface area contributed by atoms with Crippen molar-refractivity contribution in [3.05, 3.63) is 77.7 Å². The number of ether oxygens (including phenoxy) is 2. The van der Waals surface area contributed by atoms with E-state index in [9.17, 15) is 4.79 Å². The molecule has 1 atom stereocenters. The van der Waals surface area contributed by atoms with Crippen LogP contribution in [0.25, 0.3) is 22.5 Å². The Balaban J connectivity index is 1.66. The number of rotatable bonds is 9. The van der Waals surface area contributed by atoms with Gasteiger partial charge in [0.05, 0.1) is 12.7 Å². The average Bonchev–Trinajstić information content (AvgIpc) is 3.30. The van der Waals surface area contributed by atoms with Crippen molar-refractivity contribution in [1.29, 1.82) is 0 Å². The fourth-order valence-corrected chi connectivity index (χ4v) is 4.16. The molecule has 0 aliphatic carbocycles. The highest BCUT2D eigenvalue weighted by Crippen LogP contribution is 2.32. The maximum atomic E-state index is 13.3. The number of anilines is 1. The summed E-state index contributed by atoms with van der Waals surface area (Å²) in [5.74, 6) is 2.08. The van der Waals surface area contributed by atoms with Crippen LogP contribution in [0.1, 0.15) is 28.7 Å². The fraction of sp³-hybridized carbons (Fsp3) is 0.276. The smallest absolute Gasteiger partial charge is 0.259 e. The zero-order valence-corrected chi connectivity index (χ0v) is 22.0. The summed E-state index contributed by atoms with van der Waals surface area (Å²) in [5.41, 5.74) is 5.02. The first-order valence-corrected chi connectivity index (χ1v) is 12.1. The van der Waals surface area contributed by atoms with Crippen LogP contribution in [0.15, 0.2) is 65.2 Å².